The Kier molecular flexibility index (Phi) is 3.61. The van der Waals surface area contributed by atoms with Crippen molar-refractivity contribution in [3.8, 4) is 0 Å². The Hall–Kier alpha value is -0.0600. The van der Waals surface area contributed by atoms with Crippen LogP contribution in [0.25, 0.3) is 0 Å². The van der Waals surface area contributed by atoms with Gasteiger partial charge < -0.3 is 0 Å². The highest BCUT2D eigenvalue weighted by atomic mass is 79.9. The molecule has 0 aromatic heterocycles. The molecular formula is C9H10BrClO2S. The molecule has 0 N–H and O–H groups in total. The van der Waals surface area contributed by atoms with Crippen LogP contribution in [-0.2, 0) is 14.8 Å². The fourth-order valence-corrected chi connectivity index (χ4v) is 2.72. The Morgan fingerprint density at radius 3 is 2.36 bits per heavy atom. The van der Waals surface area contributed by atoms with E-state index < -0.39 is 9.05 Å². The quantitative estimate of drug-likeness (QED) is 0.786. The minimum absolute atomic E-state index is 0.131. The van der Waals surface area contributed by atoms with E-state index in [0.29, 0.717) is 5.56 Å². The molecule has 0 aliphatic heterocycles. The summed E-state index contributed by atoms with van der Waals surface area (Å²) in [7, 11) is 1.70. The van der Waals surface area contributed by atoms with E-state index in [0.717, 1.165) is 15.6 Å². The lowest BCUT2D eigenvalue weighted by Gasteiger charge is -2.06. The molecule has 0 atom stereocenters. The van der Waals surface area contributed by atoms with Gasteiger partial charge in [-0.2, -0.15) is 0 Å². The standard InChI is InChI=1S/C9H10BrClO2S/c1-6-3-8(5-14(11,12)13)4-9(10)7(6)2/h3-4H,5H2,1-2H3. The van der Waals surface area contributed by atoms with Gasteiger partial charge in [0.25, 0.3) is 0 Å². The Labute approximate surface area is 96.8 Å². The van der Waals surface area contributed by atoms with Gasteiger partial charge in [0, 0.05) is 15.2 Å². The smallest absolute Gasteiger partial charge is 0.212 e. The Morgan fingerprint density at radius 2 is 1.93 bits per heavy atom. The van der Waals surface area contributed by atoms with Crippen molar-refractivity contribution in [3.63, 3.8) is 0 Å². The number of hydrogen-bond donors (Lipinski definition) is 0. The van der Waals surface area contributed by atoms with E-state index in [1.54, 1.807) is 6.07 Å². The molecule has 0 aliphatic carbocycles. The van der Waals surface area contributed by atoms with E-state index in [2.05, 4.69) is 15.9 Å². The SMILES string of the molecule is Cc1cc(CS(=O)(=O)Cl)cc(Br)c1C. The van der Waals surface area contributed by atoms with Gasteiger partial charge in [-0.05, 0) is 36.6 Å². The molecule has 1 aromatic rings. The highest BCUT2D eigenvalue weighted by Gasteiger charge is 2.09. The largest absolute Gasteiger partial charge is 0.236 e. The summed E-state index contributed by atoms with van der Waals surface area (Å²) >= 11 is 3.37. The average molecular weight is 298 g/mol. The Morgan fingerprint density at radius 1 is 1.36 bits per heavy atom. The van der Waals surface area contributed by atoms with Crippen LogP contribution in [-0.4, -0.2) is 8.42 Å². The van der Waals surface area contributed by atoms with Crippen LogP contribution in [0.15, 0.2) is 16.6 Å². The van der Waals surface area contributed by atoms with Crippen LogP contribution in [0.4, 0.5) is 0 Å². The lowest BCUT2D eigenvalue weighted by Crippen LogP contribution is -1.96. The van der Waals surface area contributed by atoms with Crippen LogP contribution in [0.2, 0.25) is 0 Å². The van der Waals surface area contributed by atoms with Gasteiger partial charge in [0.05, 0.1) is 5.75 Å². The predicted molar refractivity (Wildman–Crippen MR) is 62.1 cm³/mol. The molecular weight excluding hydrogens is 288 g/mol. The molecule has 78 valence electrons. The van der Waals surface area contributed by atoms with Crippen LogP contribution < -0.4 is 0 Å². The Bertz CT molecular complexity index is 431. The summed E-state index contributed by atoms with van der Waals surface area (Å²) in [6.45, 7) is 3.91. The molecule has 0 unspecified atom stereocenters. The highest BCUT2D eigenvalue weighted by Crippen LogP contribution is 2.23. The minimum atomic E-state index is -3.47. The third kappa shape index (κ3) is 3.26. The second-order valence-electron chi connectivity index (χ2n) is 3.20. The lowest BCUT2D eigenvalue weighted by molar-refractivity contribution is 0.609. The van der Waals surface area contributed by atoms with Crippen molar-refractivity contribution in [2.24, 2.45) is 0 Å². The summed E-state index contributed by atoms with van der Waals surface area (Å²) < 4.78 is 22.6. The van der Waals surface area contributed by atoms with Crippen molar-refractivity contribution >= 4 is 35.7 Å². The van der Waals surface area contributed by atoms with Crippen molar-refractivity contribution in [3.05, 3.63) is 33.3 Å². The maximum atomic E-state index is 10.9. The van der Waals surface area contributed by atoms with Gasteiger partial charge in [0.1, 0.15) is 0 Å². The van der Waals surface area contributed by atoms with E-state index >= 15 is 0 Å². The van der Waals surface area contributed by atoms with E-state index in [4.69, 9.17) is 10.7 Å². The summed E-state index contributed by atoms with van der Waals surface area (Å²) in [5.74, 6) is -0.131. The van der Waals surface area contributed by atoms with Gasteiger partial charge in [-0.3, -0.25) is 0 Å². The summed E-state index contributed by atoms with van der Waals surface area (Å²) in [6.07, 6.45) is 0. The number of hydrogen-bond acceptors (Lipinski definition) is 2. The first kappa shape index (κ1) is 12.0. The highest BCUT2D eigenvalue weighted by molar-refractivity contribution is 9.10. The molecule has 0 aliphatic rings. The first-order valence-corrected chi connectivity index (χ1v) is 7.24. The van der Waals surface area contributed by atoms with Gasteiger partial charge in [-0.25, -0.2) is 8.42 Å². The fraction of sp³-hybridized carbons (Fsp3) is 0.333. The molecule has 2 nitrogen and oxygen atoms in total. The molecule has 5 heteroatoms. The molecule has 0 amide bonds. The molecule has 1 rings (SSSR count). The number of rotatable bonds is 2. The summed E-state index contributed by atoms with van der Waals surface area (Å²) in [6, 6.07) is 3.61. The van der Waals surface area contributed by atoms with Crippen LogP contribution in [0.3, 0.4) is 0 Å². The van der Waals surface area contributed by atoms with E-state index in [1.807, 2.05) is 19.9 Å². The molecule has 0 spiro atoms. The van der Waals surface area contributed by atoms with Gasteiger partial charge in [-0.1, -0.05) is 22.0 Å². The zero-order chi connectivity index (χ0) is 10.9. The van der Waals surface area contributed by atoms with Crippen molar-refractivity contribution in [2.45, 2.75) is 19.6 Å². The number of benzene rings is 1. The zero-order valence-corrected chi connectivity index (χ0v) is 11.0. The van der Waals surface area contributed by atoms with E-state index in [9.17, 15) is 8.42 Å². The van der Waals surface area contributed by atoms with Gasteiger partial charge in [0.2, 0.25) is 9.05 Å². The Balaban J connectivity index is 3.14. The normalized spacial score (nSPS) is 11.7. The molecule has 0 radical (unpaired) electrons. The molecule has 0 saturated heterocycles. The van der Waals surface area contributed by atoms with Crippen molar-refractivity contribution in [1.29, 1.82) is 0 Å². The van der Waals surface area contributed by atoms with Crippen molar-refractivity contribution < 1.29 is 8.42 Å². The summed E-state index contributed by atoms with van der Waals surface area (Å²) in [5.41, 5.74) is 2.87. The molecule has 0 fully saturated rings. The van der Waals surface area contributed by atoms with Crippen molar-refractivity contribution in [1.82, 2.24) is 0 Å². The maximum Gasteiger partial charge on any atom is 0.236 e. The van der Waals surface area contributed by atoms with Crippen LogP contribution in [0.1, 0.15) is 16.7 Å². The summed E-state index contributed by atoms with van der Waals surface area (Å²) in [5, 5.41) is 0. The van der Waals surface area contributed by atoms with Gasteiger partial charge in [-0.15, -0.1) is 0 Å². The van der Waals surface area contributed by atoms with Crippen LogP contribution >= 0.6 is 26.6 Å². The molecule has 1 aromatic carbocycles. The van der Waals surface area contributed by atoms with Gasteiger partial charge >= 0.3 is 0 Å². The van der Waals surface area contributed by atoms with E-state index in [-0.39, 0.29) is 5.75 Å². The average Bonchev–Trinajstić information content (AvgIpc) is 1.96. The second kappa shape index (κ2) is 4.21. The second-order valence-corrected chi connectivity index (χ2v) is 6.83. The third-order valence-electron chi connectivity index (χ3n) is 2.00. The molecule has 0 heterocycles. The summed E-state index contributed by atoms with van der Waals surface area (Å²) in [4.78, 5) is 0. The third-order valence-corrected chi connectivity index (χ3v) is 3.83. The fourth-order valence-electron chi connectivity index (χ4n) is 1.17. The lowest BCUT2D eigenvalue weighted by atomic mass is 10.1. The first-order valence-electron chi connectivity index (χ1n) is 3.97. The monoisotopic (exact) mass is 296 g/mol. The topological polar surface area (TPSA) is 34.1 Å². The van der Waals surface area contributed by atoms with E-state index in [1.165, 1.54) is 0 Å². The number of aryl methyl sites for hydroxylation is 1. The minimum Gasteiger partial charge on any atom is -0.212 e. The molecule has 0 saturated carbocycles. The van der Waals surface area contributed by atoms with Crippen molar-refractivity contribution in [2.75, 3.05) is 0 Å². The molecule has 0 bridgehead atoms. The van der Waals surface area contributed by atoms with Crippen LogP contribution in [0, 0.1) is 13.8 Å². The zero-order valence-electron chi connectivity index (χ0n) is 7.84. The number of halogens is 2. The van der Waals surface area contributed by atoms with Crippen LogP contribution in [0.5, 0.6) is 0 Å². The van der Waals surface area contributed by atoms with Gasteiger partial charge in [0.15, 0.2) is 0 Å². The first-order chi connectivity index (χ1) is 6.29. The molecule has 14 heavy (non-hydrogen) atoms. The predicted octanol–water partition coefficient (Wildman–Crippen LogP) is 3.13. The maximum absolute atomic E-state index is 10.9.